The third kappa shape index (κ3) is 1.69. The number of rotatable bonds is 1. The molecule has 0 saturated carbocycles. The highest BCUT2D eigenvalue weighted by atomic mass is 14.0. The van der Waals surface area contributed by atoms with Crippen LogP contribution in [0.2, 0.25) is 0 Å². The second kappa shape index (κ2) is 3.67. The number of hydrogen-bond acceptors (Lipinski definition) is 0. The summed E-state index contributed by atoms with van der Waals surface area (Å²) in [4.78, 5) is 0. The number of hydrogen-bond donors (Lipinski definition) is 0. The van der Waals surface area contributed by atoms with Crippen molar-refractivity contribution in [2.45, 2.75) is 13.8 Å². The fourth-order valence-electron chi connectivity index (χ4n) is 1.63. The molecule has 0 atom stereocenters. The molecule has 0 aliphatic rings. The summed E-state index contributed by atoms with van der Waals surface area (Å²) < 4.78 is 0. The number of aryl methyl sites for hydroxylation is 2. The summed E-state index contributed by atoms with van der Waals surface area (Å²) in [5.74, 6) is 0. The van der Waals surface area contributed by atoms with Crippen molar-refractivity contribution < 1.29 is 0 Å². The Hall–Kier alpha value is -1.56. The zero-order valence-corrected chi connectivity index (χ0v) is 8.62. The van der Waals surface area contributed by atoms with E-state index in [-0.39, 0.29) is 0 Å². The summed E-state index contributed by atoms with van der Waals surface area (Å²) in [5, 5.41) is 0. The highest BCUT2D eigenvalue weighted by Crippen LogP contribution is 2.22. The molecule has 0 saturated heterocycles. The van der Waals surface area contributed by atoms with E-state index in [4.69, 9.17) is 0 Å². The van der Waals surface area contributed by atoms with Gasteiger partial charge in [-0.1, -0.05) is 54.1 Å². The van der Waals surface area contributed by atoms with Crippen LogP contribution in [0.5, 0.6) is 0 Å². The molecule has 0 heteroatoms. The first-order chi connectivity index (χ1) is 6.77. The van der Waals surface area contributed by atoms with Crippen molar-refractivity contribution in [1.29, 1.82) is 0 Å². The van der Waals surface area contributed by atoms with Crippen molar-refractivity contribution in [3.8, 4) is 11.1 Å². The van der Waals surface area contributed by atoms with Crippen LogP contribution in [0.4, 0.5) is 0 Å². The Morgan fingerprint density at radius 2 is 1.36 bits per heavy atom. The third-order valence-corrected chi connectivity index (χ3v) is 2.51. The van der Waals surface area contributed by atoms with Crippen LogP contribution in [0.25, 0.3) is 11.1 Å². The molecule has 2 aromatic rings. The van der Waals surface area contributed by atoms with Gasteiger partial charge in [0, 0.05) is 0 Å². The molecule has 0 spiro atoms. The Morgan fingerprint density at radius 3 is 2.00 bits per heavy atom. The molecule has 2 aromatic carbocycles. The van der Waals surface area contributed by atoms with Crippen LogP contribution in [0.3, 0.4) is 0 Å². The summed E-state index contributed by atoms with van der Waals surface area (Å²) in [7, 11) is 0. The maximum absolute atomic E-state index is 2.18. The second-order valence-corrected chi connectivity index (χ2v) is 3.68. The van der Waals surface area contributed by atoms with Crippen LogP contribution >= 0.6 is 0 Å². The topological polar surface area (TPSA) is 0 Å². The van der Waals surface area contributed by atoms with Crippen LogP contribution in [0.1, 0.15) is 11.1 Å². The lowest BCUT2D eigenvalue weighted by molar-refractivity contribution is 1.43. The average Bonchev–Trinajstić information content (AvgIpc) is 2.20. The summed E-state index contributed by atoms with van der Waals surface area (Å²) in [5.41, 5.74) is 5.26. The summed E-state index contributed by atoms with van der Waals surface area (Å²) in [6, 6.07) is 17.1. The molecule has 2 rings (SSSR count). The average molecular weight is 182 g/mol. The van der Waals surface area contributed by atoms with Gasteiger partial charge >= 0.3 is 0 Å². The van der Waals surface area contributed by atoms with E-state index in [1.165, 1.54) is 22.3 Å². The first-order valence-electron chi connectivity index (χ1n) is 4.90. The number of benzene rings is 2. The van der Waals surface area contributed by atoms with Crippen LogP contribution in [-0.2, 0) is 0 Å². The molecule has 0 amide bonds. The van der Waals surface area contributed by atoms with E-state index in [1.807, 2.05) is 0 Å². The lowest BCUT2D eigenvalue weighted by Gasteiger charge is -2.05. The van der Waals surface area contributed by atoms with Crippen molar-refractivity contribution >= 4 is 0 Å². The monoisotopic (exact) mass is 182 g/mol. The van der Waals surface area contributed by atoms with Gasteiger partial charge < -0.3 is 0 Å². The van der Waals surface area contributed by atoms with Gasteiger partial charge in [-0.3, -0.25) is 0 Å². The Bertz CT molecular complexity index is 424. The van der Waals surface area contributed by atoms with Crippen LogP contribution in [-0.4, -0.2) is 0 Å². The van der Waals surface area contributed by atoms with Gasteiger partial charge in [-0.05, 0) is 30.5 Å². The van der Waals surface area contributed by atoms with E-state index >= 15 is 0 Å². The molecule has 0 aliphatic heterocycles. The minimum atomic E-state index is 1.30. The van der Waals surface area contributed by atoms with Gasteiger partial charge in [0.2, 0.25) is 0 Å². The van der Waals surface area contributed by atoms with Crippen molar-refractivity contribution in [1.82, 2.24) is 0 Å². The van der Waals surface area contributed by atoms with E-state index in [0.717, 1.165) is 0 Å². The van der Waals surface area contributed by atoms with Crippen molar-refractivity contribution in [2.24, 2.45) is 0 Å². The molecule has 0 heterocycles. The van der Waals surface area contributed by atoms with Crippen LogP contribution < -0.4 is 0 Å². The zero-order valence-electron chi connectivity index (χ0n) is 8.62. The van der Waals surface area contributed by atoms with Gasteiger partial charge in [0.05, 0.1) is 0 Å². The first kappa shape index (κ1) is 9.01. The Morgan fingerprint density at radius 1 is 0.714 bits per heavy atom. The first-order valence-corrected chi connectivity index (χ1v) is 4.90. The van der Waals surface area contributed by atoms with Gasteiger partial charge in [0.15, 0.2) is 0 Å². The van der Waals surface area contributed by atoms with Gasteiger partial charge in [-0.25, -0.2) is 0 Å². The normalized spacial score (nSPS) is 10.1. The maximum atomic E-state index is 2.18. The summed E-state index contributed by atoms with van der Waals surface area (Å²) >= 11 is 0. The molecule has 0 aliphatic carbocycles. The highest BCUT2D eigenvalue weighted by Gasteiger charge is 1.98. The third-order valence-electron chi connectivity index (χ3n) is 2.51. The predicted molar refractivity (Wildman–Crippen MR) is 61.4 cm³/mol. The molecule has 0 bridgehead atoms. The maximum Gasteiger partial charge on any atom is -0.0155 e. The standard InChI is InChI=1S/C14H14/c1-11-7-9-13(10-8-11)14-6-4-3-5-12(14)2/h3-10H,1-2H3. The van der Waals surface area contributed by atoms with Crippen LogP contribution in [0, 0.1) is 13.8 Å². The molecule has 14 heavy (non-hydrogen) atoms. The molecule has 0 radical (unpaired) electrons. The van der Waals surface area contributed by atoms with Crippen molar-refractivity contribution in [2.75, 3.05) is 0 Å². The molecule has 0 unspecified atom stereocenters. The van der Waals surface area contributed by atoms with Crippen LogP contribution in [0.15, 0.2) is 48.5 Å². The van der Waals surface area contributed by atoms with Crippen molar-refractivity contribution in [3.05, 3.63) is 59.7 Å². The second-order valence-electron chi connectivity index (χ2n) is 3.68. The molecule has 0 fully saturated rings. The molecule has 0 N–H and O–H groups in total. The van der Waals surface area contributed by atoms with Gasteiger partial charge in [-0.2, -0.15) is 0 Å². The predicted octanol–water partition coefficient (Wildman–Crippen LogP) is 3.97. The fourth-order valence-corrected chi connectivity index (χ4v) is 1.63. The SMILES string of the molecule is Cc1ccc(-c2ccccc2C)cc1. The molecule has 0 aromatic heterocycles. The highest BCUT2D eigenvalue weighted by molar-refractivity contribution is 5.67. The summed E-state index contributed by atoms with van der Waals surface area (Å²) in [6.07, 6.45) is 0. The van der Waals surface area contributed by atoms with E-state index in [1.54, 1.807) is 0 Å². The molecular formula is C14H14. The largest absolute Gasteiger partial charge is 0.0620 e. The van der Waals surface area contributed by atoms with Gasteiger partial charge in [0.1, 0.15) is 0 Å². The Labute approximate surface area is 85.2 Å². The lowest BCUT2D eigenvalue weighted by Crippen LogP contribution is -1.82. The minimum absolute atomic E-state index is 1.30. The fraction of sp³-hybridized carbons (Fsp3) is 0.143. The van der Waals surface area contributed by atoms with Gasteiger partial charge in [0.25, 0.3) is 0 Å². The van der Waals surface area contributed by atoms with E-state index in [2.05, 4.69) is 62.4 Å². The quantitative estimate of drug-likeness (QED) is 0.626. The Balaban J connectivity index is 2.50. The van der Waals surface area contributed by atoms with E-state index < -0.39 is 0 Å². The lowest BCUT2D eigenvalue weighted by atomic mass is 10.00. The zero-order chi connectivity index (χ0) is 9.97. The van der Waals surface area contributed by atoms with E-state index in [9.17, 15) is 0 Å². The molecule has 70 valence electrons. The Kier molecular flexibility index (Phi) is 2.36. The smallest absolute Gasteiger partial charge is 0.0155 e. The minimum Gasteiger partial charge on any atom is -0.0620 e. The molecular weight excluding hydrogens is 168 g/mol. The summed E-state index contributed by atoms with van der Waals surface area (Å²) in [6.45, 7) is 4.26. The van der Waals surface area contributed by atoms with Crippen molar-refractivity contribution in [3.63, 3.8) is 0 Å². The molecule has 0 nitrogen and oxygen atoms in total. The van der Waals surface area contributed by atoms with Gasteiger partial charge in [-0.15, -0.1) is 0 Å². The van der Waals surface area contributed by atoms with E-state index in [0.29, 0.717) is 0 Å².